The van der Waals surface area contributed by atoms with Crippen LogP contribution < -0.4 is 10.1 Å². The average Bonchev–Trinajstić information content (AvgIpc) is 2.64. The van der Waals surface area contributed by atoms with Gasteiger partial charge in [-0.25, -0.2) is 0 Å². The van der Waals surface area contributed by atoms with Crippen molar-refractivity contribution in [3.8, 4) is 5.75 Å². The fraction of sp³-hybridized carbons (Fsp3) is 0.263. The number of carbonyl (C=O) groups excluding carboxylic acids is 1. The van der Waals surface area contributed by atoms with Crippen molar-refractivity contribution < 1.29 is 32.6 Å². The largest absolute Gasteiger partial charge is 0.496 e. The van der Waals surface area contributed by atoms with Crippen molar-refractivity contribution in [1.82, 2.24) is 5.32 Å². The first-order valence-corrected chi connectivity index (χ1v) is 8.02. The summed E-state index contributed by atoms with van der Waals surface area (Å²) in [6.45, 7) is -0.173. The lowest BCUT2D eigenvalue weighted by atomic mass is 9.98. The van der Waals surface area contributed by atoms with Gasteiger partial charge < -0.3 is 15.2 Å². The number of hydrogen-bond donors (Lipinski definition) is 2. The second kappa shape index (κ2) is 8.57. The molecule has 0 aromatic heterocycles. The van der Waals surface area contributed by atoms with Gasteiger partial charge in [-0.05, 0) is 42.3 Å². The molecular formula is C19H18F3NO4. The van der Waals surface area contributed by atoms with Crippen LogP contribution in [0.4, 0.5) is 13.2 Å². The fourth-order valence-corrected chi connectivity index (χ4v) is 2.51. The first-order chi connectivity index (χ1) is 12.7. The minimum absolute atomic E-state index is 0.0180. The summed E-state index contributed by atoms with van der Waals surface area (Å²) < 4.78 is 42.9. The number of methoxy groups -OCH3 is 1. The summed E-state index contributed by atoms with van der Waals surface area (Å²) in [5, 5.41) is 11.8. The summed E-state index contributed by atoms with van der Waals surface area (Å²) in [7, 11) is 1.47. The average molecular weight is 381 g/mol. The van der Waals surface area contributed by atoms with Crippen LogP contribution in [0.5, 0.6) is 5.75 Å². The Morgan fingerprint density at radius 2 is 1.74 bits per heavy atom. The smallest absolute Gasteiger partial charge is 0.416 e. The number of hydrogen-bond acceptors (Lipinski definition) is 3. The molecule has 0 fully saturated rings. The molecule has 2 aromatic rings. The summed E-state index contributed by atoms with van der Waals surface area (Å²) in [6.07, 6.45) is -4.36. The Morgan fingerprint density at radius 1 is 1.11 bits per heavy atom. The summed E-state index contributed by atoms with van der Waals surface area (Å²) in [5.74, 6) is -2.12. The summed E-state index contributed by atoms with van der Waals surface area (Å²) in [5.41, 5.74) is -0.167. The van der Waals surface area contributed by atoms with Gasteiger partial charge in [0.15, 0.2) is 0 Å². The van der Waals surface area contributed by atoms with Gasteiger partial charge in [0.2, 0.25) is 0 Å². The van der Waals surface area contributed by atoms with Gasteiger partial charge in [0.05, 0.1) is 18.6 Å². The zero-order valence-corrected chi connectivity index (χ0v) is 14.4. The van der Waals surface area contributed by atoms with Gasteiger partial charge in [-0.2, -0.15) is 13.2 Å². The normalized spacial score (nSPS) is 12.3. The number of rotatable bonds is 7. The lowest BCUT2D eigenvalue weighted by Crippen LogP contribution is -2.34. The van der Waals surface area contributed by atoms with Crippen LogP contribution in [-0.4, -0.2) is 30.6 Å². The number of para-hydroxylation sites is 1. The van der Waals surface area contributed by atoms with Crippen molar-refractivity contribution >= 4 is 11.9 Å². The highest BCUT2D eigenvalue weighted by Crippen LogP contribution is 2.29. The number of carboxylic acid groups (broad SMARTS) is 1. The quantitative estimate of drug-likeness (QED) is 0.771. The highest BCUT2D eigenvalue weighted by atomic mass is 19.4. The van der Waals surface area contributed by atoms with E-state index in [0.717, 1.165) is 24.3 Å². The van der Waals surface area contributed by atoms with Crippen molar-refractivity contribution in [3.63, 3.8) is 0 Å². The fourth-order valence-electron chi connectivity index (χ4n) is 2.51. The van der Waals surface area contributed by atoms with Crippen LogP contribution in [0.3, 0.4) is 0 Å². The van der Waals surface area contributed by atoms with Crippen LogP contribution in [0.25, 0.3) is 0 Å². The summed E-state index contributed by atoms with van der Waals surface area (Å²) in [6, 6.07) is 10.6. The number of halogens is 3. The monoisotopic (exact) mass is 381 g/mol. The van der Waals surface area contributed by atoms with Gasteiger partial charge in [0, 0.05) is 12.1 Å². The van der Waals surface area contributed by atoms with Gasteiger partial charge in [-0.3, -0.25) is 9.59 Å². The number of amides is 1. The molecule has 2 N–H and O–H groups in total. The highest BCUT2D eigenvalue weighted by Gasteiger charge is 2.30. The first-order valence-electron chi connectivity index (χ1n) is 8.02. The maximum Gasteiger partial charge on any atom is 0.416 e. The Kier molecular flexibility index (Phi) is 6.44. The lowest BCUT2D eigenvalue weighted by Gasteiger charge is -2.15. The molecule has 0 aliphatic carbocycles. The SMILES string of the molecule is COc1ccccc1CC(CNC(=O)c1ccc(C(F)(F)F)cc1)C(=O)O. The summed E-state index contributed by atoms with van der Waals surface area (Å²) >= 11 is 0. The van der Waals surface area contributed by atoms with Gasteiger partial charge in [0.25, 0.3) is 5.91 Å². The van der Waals surface area contributed by atoms with E-state index in [4.69, 9.17) is 4.74 Å². The van der Waals surface area contributed by atoms with E-state index in [9.17, 15) is 27.9 Å². The molecule has 0 bridgehead atoms. The lowest BCUT2D eigenvalue weighted by molar-refractivity contribution is -0.141. The van der Waals surface area contributed by atoms with E-state index in [1.807, 2.05) is 0 Å². The molecule has 2 rings (SSSR count). The van der Waals surface area contributed by atoms with Crippen LogP contribution in [0.2, 0.25) is 0 Å². The molecule has 8 heteroatoms. The van der Waals surface area contributed by atoms with E-state index in [0.29, 0.717) is 11.3 Å². The third-order valence-corrected chi connectivity index (χ3v) is 3.99. The molecule has 0 aliphatic rings. The molecule has 2 aromatic carbocycles. The maximum absolute atomic E-state index is 12.6. The van der Waals surface area contributed by atoms with Crippen LogP contribution in [0.1, 0.15) is 21.5 Å². The molecule has 0 spiro atoms. The molecule has 0 heterocycles. The Hall–Kier alpha value is -3.03. The van der Waals surface area contributed by atoms with Crippen molar-refractivity contribution in [2.45, 2.75) is 12.6 Å². The minimum atomic E-state index is -4.49. The third-order valence-electron chi connectivity index (χ3n) is 3.99. The van der Waals surface area contributed by atoms with Crippen LogP contribution in [0.15, 0.2) is 48.5 Å². The number of alkyl halides is 3. The van der Waals surface area contributed by atoms with Gasteiger partial charge in [-0.15, -0.1) is 0 Å². The van der Waals surface area contributed by atoms with Gasteiger partial charge in [0.1, 0.15) is 5.75 Å². The second-order valence-electron chi connectivity index (χ2n) is 5.84. The zero-order valence-electron chi connectivity index (χ0n) is 14.4. The van der Waals surface area contributed by atoms with Gasteiger partial charge in [-0.1, -0.05) is 18.2 Å². The van der Waals surface area contributed by atoms with Crippen LogP contribution >= 0.6 is 0 Å². The molecule has 1 unspecified atom stereocenters. The number of nitrogens with one attached hydrogen (secondary N) is 1. The van der Waals surface area contributed by atoms with E-state index >= 15 is 0 Å². The molecular weight excluding hydrogens is 363 g/mol. The van der Waals surface area contributed by atoms with Crippen LogP contribution in [0, 0.1) is 5.92 Å². The maximum atomic E-state index is 12.6. The minimum Gasteiger partial charge on any atom is -0.496 e. The molecule has 0 saturated carbocycles. The van der Waals surface area contributed by atoms with Crippen LogP contribution in [-0.2, 0) is 17.4 Å². The molecule has 0 radical (unpaired) electrons. The van der Waals surface area contributed by atoms with Gasteiger partial charge >= 0.3 is 12.1 Å². The molecule has 5 nitrogen and oxygen atoms in total. The predicted octanol–water partition coefficient (Wildman–Crippen LogP) is 3.39. The zero-order chi connectivity index (χ0) is 20.0. The molecule has 0 aliphatic heterocycles. The molecule has 27 heavy (non-hydrogen) atoms. The van der Waals surface area contributed by atoms with E-state index in [1.165, 1.54) is 7.11 Å². The van der Waals surface area contributed by atoms with E-state index in [2.05, 4.69) is 5.32 Å². The van der Waals surface area contributed by atoms with E-state index in [-0.39, 0.29) is 18.5 Å². The molecule has 0 saturated heterocycles. The number of carbonyl (C=O) groups is 2. The Labute approximate surface area is 153 Å². The second-order valence-corrected chi connectivity index (χ2v) is 5.84. The molecule has 1 amide bonds. The topological polar surface area (TPSA) is 75.6 Å². The van der Waals surface area contributed by atoms with E-state index in [1.54, 1.807) is 24.3 Å². The number of carboxylic acids is 1. The predicted molar refractivity (Wildman–Crippen MR) is 91.6 cm³/mol. The Bertz CT molecular complexity index is 803. The highest BCUT2D eigenvalue weighted by molar-refractivity contribution is 5.94. The Balaban J connectivity index is 2.03. The standard InChI is InChI=1S/C19H18F3NO4/c1-27-16-5-3-2-4-13(16)10-14(18(25)26)11-23-17(24)12-6-8-15(9-7-12)19(20,21)22/h2-9,14H,10-11H2,1H3,(H,23,24)(H,25,26). The summed E-state index contributed by atoms with van der Waals surface area (Å²) in [4.78, 5) is 23.6. The van der Waals surface area contributed by atoms with E-state index < -0.39 is 29.5 Å². The van der Waals surface area contributed by atoms with Crippen molar-refractivity contribution in [3.05, 3.63) is 65.2 Å². The molecule has 144 valence electrons. The third kappa shape index (κ3) is 5.47. The Morgan fingerprint density at radius 3 is 2.30 bits per heavy atom. The number of benzene rings is 2. The van der Waals surface area contributed by atoms with Crippen molar-refractivity contribution in [2.75, 3.05) is 13.7 Å². The number of ether oxygens (including phenoxy) is 1. The molecule has 1 atom stereocenters. The van der Waals surface area contributed by atoms with Crippen molar-refractivity contribution in [1.29, 1.82) is 0 Å². The number of aliphatic carboxylic acids is 1. The van der Waals surface area contributed by atoms with Crippen molar-refractivity contribution in [2.24, 2.45) is 5.92 Å². The first kappa shape index (κ1) is 20.3.